The number of pyridine rings is 1. The lowest BCUT2D eigenvalue weighted by Crippen LogP contribution is -2.13. The topological polar surface area (TPSA) is 59.8 Å². The summed E-state index contributed by atoms with van der Waals surface area (Å²) in [7, 11) is 0. The van der Waals surface area contributed by atoms with E-state index < -0.39 is 0 Å². The van der Waals surface area contributed by atoms with Crippen molar-refractivity contribution in [3.63, 3.8) is 0 Å². The molecule has 1 N–H and O–H groups in total. The van der Waals surface area contributed by atoms with Gasteiger partial charge in [-0.25, -0.2) is 9.07 Å². The first-order valence-electron chi connectivity index (χ1n) is 9.31. The minimum absolute atomic E-state index is 0.265. The van der Waals surface area contributed by atoms with E-state index in [1.807, 2.05) is 36.4 Å². The van der Waals surface area contributed by atoms with Gasteiger partial charge in [-0.15, -0.1) is 0 Å². The third kappa shape index (κ3) is 4.06. The Balaban J connectivity index is 1.70. The van der Waals surface area contributed by atoms with Crippen LogP contribution in [0.2, 0.25) is 0 Å². The van der Waals surface area contributed by atoms with Crippen molar-refractivity contribution in [3.8, 4) is 16.9 Å². The summed E-state index contributed by atoms with van der Waals surface area (Å²) in [6, 6.07) is 19.1. The van der Waals surface area contributed by atoms with Crippen molar-refractivity contribution >= 4 is 11.6 Å². The lowest BCUT2D eigenvalue weighted by molar-refractivity contribution is 0.102. The summed E-state index contributed by atoms with van der Waals surface area (Å²) in [5.74, 6) is -0.648. The number of rotatable bonds is 5. The van der Waals surface area contributed by atoms with Crippen LogP contribution in [-0.2, 0) is 6.42 Å². The molecule has 144 valence electrons. The van der Waals surface area contributed by atoms with Gasteiger partial charge in [-0.1, -0.05) is 19.1 Å². The molecule has 2 heterocycles. The summed E-state index contributed by atoms with van der Waals surface area (Å²) in [5, 5.41) is 7.35. The third-order valence-corrected chi connectivity index (χ3v) is 4.61. The van der Waals surface area contributed by atoms with Crippen LogP contribution in [0.5, 0.6) is 0 Å². The van der Waals surface area contributed by atoms with Crippen molar-refractivity contribution in [3.05, 3.63) is 96.2 Å². The number of anilines is 1. The van der Waals surface area contributed by atoms with E-state index in [-0.39, 0.29) is 17.4 Å². The Morgan fingerprint density at radius 2 is 1.69 bits per heavy atom. The van der Waals surface area contributed by atoms with Crippen molar-refractivity contribution < 1.29 is 9.18 Å². The average molecular weight is 386 g/mol. The highest BCUT2D eigenvalue weighted by Crippen LogP contribution is 2.24. The van der Waals surface area contributed by atoms with E-state index in [0.29, 0.717) is 17.1 Å². The minimum atomic E-state index is -0.333. The van der Waals surface area contributed by atoms with Gasteiger partial charge in [0.1, 0.15) is 5.82 Å². The second kappa shape index (κ2) is 8.06. The van der Waals surface area contributed by atoms with Crippen LogP contribution < -0.4 is 5.32 Å². The molecule has 2 aromatic carbocycles. The Kier molecular flexibility index (Phi) is 5.16. The number of aromatic nitrogens is 3. The lowest BCUT2D eigenvalue weighted by atomic mass is 10.1. The van der Waals surface area contributed by atoms with Crippen LogP contribution in [0.25, 0.3) is 16.9 Å². The van der Waals surface area contributed by atoms with Gasteiger partial charge in [-0.2, -0.15) is 5.10 Å². The van der Waals surface area contributed by atoms with E-state index in [9.17, 15) is 9.18 Å². The molecule has 0 saturated heterocycles. The first kappa shape index (κ1) is 18.6. The van der Waals surface area contributed by atoms with Gasteiger partial charge in [0.25, 0.3) is 5.91 Å². The van der Waals surface area contributed by atoms with Crippen molar-refractivity contribution in [2.45, 2.75) is 13.3 Å². The Labute approximate surface area is 167 Å². The lowest BCUT2D eigenvalue weighted by Gasteiger charge is -2.07. The van der Waals surface area contributed by atoms with Crippen molar-refractivity contribution in [2.24, 2.45) is 0 Å². The number of aryl methyl sites for hydroxylation is 1. The number of hydrogen-bond acceptors (Lipinski definition) is 3. The number of amides is 1. The SMILES string of the molecule is CCc1ccc(NC(=O)c2cc(-c3ccncc3)n(-c3ccc(F)cc3)n2)cc1. The predicted molar refractivity (Wildman–Crippen MR) is 111 cm³/mol. The molecule has 0 aliphatic carbocycles. The standard InChI is InChI=1S/C23H19FN4O/c1-2-16-3-7-19(8-4-16)26-23(29)21-15-22(17-11-13-25-14-12-17)28(27-21)20-9-5-18(24)6-10-20/h3-15H,2H2,1H3,(H,26,29). The maximum absolute atomic E-state index is 13.4. The Hall–Kier alpha value is -3.80. The average Bonchev–Trinajstić information content (AvgIpc) is 3.21. The third-order valence-electron chi connectivity index (χ3n) is 4.61. The molecule has 29 heavy (non-hydrogen) atoms. The molecule has 4 aromatic rings. The quantitative estimate of drug-likeness (QED) is 0.531. The first-order valence-corrected chi connectivity index (χ1v) is 9.31. The molecule has 0 unspecified atom stereocenters. The van der Waals surface area contributed by atoms with E-state index in [1.165, 1.54) is 17.7 Å². The van der Waals surface area contributed by atoms with Crippen LogP contribution in [0.15, 0.2) is 79.1 Å². The van der Waals surface area contributed by atoms with Gasteiger partial charge in [0, 0.05) is 23.6 Å². The van der Waals surface area contributed by atoms with Gasteiger partial charge in [-0.05, 0) is 66.6 Å². The smallest absolute Gasteiger partial charge is 0.276 e. The fourth-order valence-electron chi connectivity index (χ4n) is 3.02. The van der Waals surface area contributed by atoms with Gasteiger partial charge in [-0.3, -0.25) is 9.78 Å². The van der Waals surface area contributed by atoms with E-state index in [2.05, 4.69) is 22.3 Å². The summed E-state index contributed by atoms with van der Waals surface area (Å²) >= 11 is 0. The monoisotopic (exact) mass is 386 g/mol. The highest BCUT2D eigenvalue weighted by molar-refractivity contribution is 6.03. The molecule has 0 radical (unpaired) electrons. The number of nitrogens with zero attached hydrogens (tertiary/aromatic N) is 3. The van der Waals surface area contributed by atoms with E-state index in [0.717, 1.165) is 12.0 Å². The van der Waals surface area contributed by atoms with Crippen molar-refractivity contribution in [1.29, 1.82) is 0 Å². The maximum Gasteiger partial charge on any atom is 0.276 e. The molecule has 0 fully saturated rings. The first-order chi connectivity index (χ1) is 14.1. The summed E-state index contributed by atoms with van der Waals surface area (Å²) in [6.45, 7) is 2.08. The molecule has 1 amide bonds. The van der Waals surface area contributed by atoms with Gasteiger partial charge in [0.15, 0.2) is 5.69 Å². The Morgan fingerprint density at radius 1 is 1.00 bits per heavy atom. The minimum Gasteiger partial charge on any atom is -0.321 e. The van der Waals surface area contributed by atoms with Crippen molar-refractivity contribution in [2.75, 3.05) is 5.32 Å². The number of halogens is 1. The van der Waals surface area contributed by atoms with E-state index in [4.69, 9.17) is 0 Å². The largest absolute Gasteiger partial charge is 0.321 e. The summed E-state index contributed by atoms with van der Waals surface area (Å²) in [5.41, 5.74) is 4.39. The van der Waals surface area contributed by atoms with Gasteiger partial charge in [0.05, 0.1) is 11.4 Å². The molecule has 6 heteroatoms. The zero-order valence-corrected chi connectivity index (χ0v) is 15.8. The normalized spacial score (nSPS) is 10.7. The molecule has 0 aliphatic heterocycles. The fourth-order valence-corrected chi connectivity index (χ4v) is 3.02. The van der Waals surface area contributed by atoms with Crippen LogP contribution >= 0.6 is 0 Å². The molecular weight excluding hydrogens is 367 g/mol. The molecule has 0 aliphatic rings. The maximum atomic E-state index is 13.4. The summed E-state index contributed by atoms with van der Waals surface area (Å²) in [6.07, 6.45) is 4.28. The second-order valence-electron chi connectivity index (χ2n) is 6.54. The molecule has 4 rings (SSSR count). The summed E-state index contributed by atoms with van der Waals surface area (Å²) in [4.78, 5) is 16.8. The number of hydrogen-bond donors (Lipinski definition) is 1. The van der Waals surface area contributed by atoms with Gasteiger partial charge in [0.2, 0.25) is 0 Å². The van der Waals surface area contributed by atoms with Crippen LogP contribution in [-0.4, -0.2) is 20.7 Å². The van der Waals surface area contributed by atoms with E-state index in [1.54, 1.807) is 35.3 Å². The molecule has 0 bridgehead atoms. The number of carbonyl (C=O) groups is 1. The highest BCUT2D eigenvalue weighted by Gasteiger charge is 2.17. The fraction of sp³-hybridized carbons (Fsp3) is 0.0870. The molecule has 0 saturated carbocycles. The van der Waals surface area contributed by atoms with Crippen LogP contribution in [0.1, 0.15) is 23.0 Å². The Bertz CT molecular complexity index is 1120. The number of nitrogens with one attached hydrogen (secondary N) is 1. The van der Waals surface area contributed by atoms with Crippen LogP contribution in [0, 0.1) is 5.82 Å². The molecule has 0 atom stereocenters. The summed E-state index contributed by atoms with van der Waals surface area (Å²) < 4.78 is 15.0. The number of benzene rings is 2. The van der Waals surface area contributed by atoms with Crippen molar-refractivity contribution in [1.82, 2.24) is 14.8 Å². The number of carbonyl (C=O) groups excluding carboxylic acids is 1. The molecule has 2 aromatic heterocycles. The van der Waals surface area contributed by atoms with Crippen LogP contribution in [0.4, 0.5) is 10.1 Å². The van der Waals surface area contributed by atoms with Gasteiger partial charge >= 0.3 is 0 Å². The van der Waals surface area contributed by atoms with E-state index >= 15 is 0 Å². The zero-order valence-electron chi connectivity index (χ0n) is 15.8. The second-order valence-corrected chi connectivity index (χ2v) is 6.54. The highest BCUT2D eigenvalue weighted by atomic mass is 19.1. The molecule has 0 spiro atoms. The Morgan fingerprint density at radius 3 is 2.34 bits per heavy atom. The predicted octanol–water partition coefficient (Wildman–Crippen LogP) is 4.89. The zero-order chi connectivity index (χ0) is 20.2. The molecular formula is C23H19FN4O. The van der Waals surface area contributed by atoms with Gasteiger partial charge < -0.3 is 5.32 Å². The molecule has 5 nitrogen and oxygen atoms in total. The van der Waals surface area contributed by atoms with Crippen LogP contribution in [0.3, 0.4) is 0 Å².